The second-order valence-electron chi connectivity index (χ2n) is 11.0. The van der Waals surface area contributed by atoms with E-state index in [-0.39, 0.29) is 29.1 Å². The number of nitrogen functional groups attached to an aromatic ring is 1. The van der Waals surface area contributed by atoms with Crippen molar-refractivity contribution in [1.29, 1.82) is 0 Å². The molecule has 1 unspecified atom stereocenters. The van der Waals surface area contributed by atoms with E-state index in [0.717, 1.165) is 42.5 Å². The highest BCUT2D eigenvalue weighted by atomic mass is 19.1. The quantitative estimate of drug-likeness (QED) is 0.264. The van der Waals surface area contributed by atoms with Crippen molar-refractivity contribution in [2.75, 3.05) is 40.0 Å². The number of anilines is 1. The fourth-order valence-electron chi connectivity index (χ4n) is 5.52. The summed E-state index contributed by atoms with van der Waals surface area (Å²) in [6, 6.07) is 11.4. The van der Waals surface area contributed by atoms with Crippen LogP contribution in [-0.2, 0) is 6.42 Å². The van der Waals surface area contributed by atoms with E-state index in [0.29, 0.717) is 16.9 Å². The van der Waals surface area contributed by atoms with Crippen LogP contribution in [0.3, 0.4) is 0 Å². The molecule has 0 amide bonds. The predicted octanol–water partition coefficient (Wildman–Crippen LogP) is 5.03. The third kappa shape index (κ3) is 4.90. The summed E-state index contributed by atoms with van der Waals surface area (Å²) >= 11 is 0. The number of fused-ring (bicyclic) bond motifs is 2. The summed E-state index contributed by atoms with van der Waals surface area (Å²) in [5.74, 6) is -2.35. The molecule has 1 atom stereocenters. The lowest BCUT2D eigenvalue weighted by atomic mass is 9.91. The number of carbonyl (C=O) groups is 1. The van der Waals surface area contributed by atoms with E-state index in [2.05, 4.69) is 58.1 Å². The van der Waals surface area contributed by atoms with E-state index < -0.39 is 17.4 Å². The van der Waals surface area contributed by atoms with Gasteiger partial charge >= 0.3 is 0 Å². The average Bonchev–Trinajstić information content (AvgIpc) is 3.54. The zero-order valence-electron chi connectivity index (χ0n) is 23.8. The number of aromatic nitrogens is 4. The molecule has 3 N–H and O–H groups in total. The van der Waals surface area contributed by atoms with Crippen LogP contribution in [0.15, 0.2) is 54.9 Å². The molecule has 0 aliphatic carbocycles. The monoisotopic (exact) mass is 571 g/mol. The van der Waals surface area contributed by atoms with Gasteiger partial charge in [-0.25, -0.2) is 18.4 Å². The van der Waals surface area contributed by atoms with Crippen LogP contribution in [0.2, 0.25) is 0 Å². The number of ether oxygens (including phenoxy) is 1. The van der Waals surface area contributed by atoms with Gasteiger partial charge in [0.2, 0.25) is 17.4 Å². The fraction of sp³-hybridized carbons (Fsp3) is 0.258. The van der Waals surface area contributed by atoms with Crippen LogP contribution < -0.4 is 10.5 Å². The lowest BCUT2D eigenvalue weighted by Gasteiger charge is -2.36. The second kappa shape index (κ2) is 10.7. The van der Waals surface area contributed by atoms with Crippen molar-refractivity contribution < 1.29 is 18.3 Å². The van der Waals surface area contributed by atoms with Crippen molar-refractivity contribution >= 4 is 22.5 Å². The number of H-pyrrole nitrogens is 1. The molecule has 3 aromatic heterocycles. The summed E-state index contributed by atoms with van der Waals surface area (Å²) in [7, 11) is 6.29. The molecule has 216 valence electrons. The normalized spacial score (nSPS) is 15.4. The van der Waals surface area contributed by atoms with E-state index in [1.54, 1.807) is 6.92 Å². The van der Waals surface area contributed by atoms with Gasteiger partial charge in [-0.05, 0) is 81.5 Å². The zero-order chi connectivity index (χ0) is 29.7. The molecule has 2 aromatic carbocycles. The first kappa shape index (κ1) is 27.6. The van der Waals surface area contributed by atoms with E-state index >= 15 is 0 Å². The molecule has 5 aromatic rings. The van der Waals surface area contributed by atoms with Gasteiger partial charge in [-0.3, -0.25) is 9.69 Å². The lowest BCUT2D eigenvalue weighted by Crippen LogP contribution is -2.37. The maximum Gasteiger partial charge on any atom is 0.219 e. The Morgan fingerprint density at radius 1 is 1.17 bits per heavy atom. The van der Waals surface area contributed by atoms with E-state index in [4.69, 9.17) is 10.5 Å². The van der Waals surface area contributed by atoms with Gasteiger partial charge in [0.1, 0.15) is 5.82 Å². The number of aryl methyl sites for hydroxylation is 1. The first-order chi connectivity index (χ1) is 20.1. The van der Waals surface area contributed by atoms with Crippen molar-refractivity contribution in [3.8, 4) is 17.3 Å². The minimum Gasteiger partial charge on any atom is -0.433 e. The molecule has 0 bridgehead atoms. The minimum atomic E-state index is -0.837. The van der Waals surface area contributed by atoms with Crippen LogP contribution in [0.1, 0.15) is 38.8 Å². The van der Waals surface area contributed by atoms with Crippen molar-refractivity contribution in [2.45, 2.75) is 19.4 Å². The molecule has 6 rings (SSSR count). The van der Waals surface area contributed by atoms with Gasteiger partial charge in [-0.2, -0.15) is 5.10 Å². The molecule has 11 heteroatoms. The highest BCUT2D eigenvalue weighted by Gasteiger charge is 2.27. The number of halogens is 2. The number of nitrogens with one attached hydrogen (secondary N) is 1. The Balaban J connectivity index is 1.28. The number of ketones is 1. The van der Waals surface area contributed by atoms with Crippen molar-refractivity contribution in [3.63, 3.8) is 0 Å². The van der Waals surface area contributed by atoms with E-state index in [1.807, 2.05) is 6.07 Å². The number of benzene rings is 2. The Hall–Kier alpha value is -4.61. The Labute approximate surface area is 241 Å². The molecule has 0 spiro atoms. The molecule has 1 aliphatic rings. The number of para-hydroxylation sites is 1. The highest BCUT2D eigenvalue weighted by molar-refractivity contribution is 6.12. The topological polar surface area (TPSA) is 105 Å². The van der Waals surface area contributed by atoms with Crippen LogP contribution in [0.5, 0.6) is 11.6 Å². The third-order valence-electron chi connectivity index (χ3n) is 7.75. The SMILES string of the molecule is Cc1cc(Oc2c(F)cccc2F)ncc1-n1ncc(C(=O)c2cc3cc4c(cc3[nH]2)C(CN(C)C)N(C)CC4)c1N. The number of carbonyl (C=O) groups excluding carboxylic acids is 1. The number of nitrogens with two attached hydrogens (primary N) is 1. The highest BCUT2D eigenvalue weighted by Crippen LogP contribution is 2.34. The number of rotatable bonds is 7. The Morgan fingerprint density at radius 3 is 2.64 bits per heavy atom. The molecule has 0 fully saturated rings. The first-order valence-corrected chi connectivity index (χ1v) is 13.6. The smallest absolute Gasteiger partial charge is 0.219 e. The zero-order valence-corrected chi connectivity index (χ0v) is 23.8. The minimum absolute atomic E-state index is 0.00191. The summed E-state index contributed by atoms with van der Waals surface area (Å²) in [6.45, 7) is 3.63. The van der Waals surface area contributed by atoms with Crippen molar-refractivity contribution in [2.24, 2.45) is 0 Å². The van der Waals surface area contributed by atoms with Crippen LogP contribution >= 0.6 is 0 Å². The fourth-order valence-corrected chi connectivity index (χ4v) is 5.52. The maximum absolute atomic E-state index is 14.0. The van der Waals surface area contributed by atoms with Crippen LogP contribution in [0.4, 0.5) is 14.6 Å². The molecule has 0 saturated carbocycles. The predicted molar refractivity (Wildman–Crippen MR) is 156 cm³/mol. The first-order valence-electron chi connectivity index (χ1n) is 13.6. The summed E-state index contributed by atoms with van der Waals surface area (Å²) in [5, 5.41) is 5.31. The molecule has 4 heterocycles. The van der Waals surface area contributed by atoms with Crippen molar-refractivity contribution in [1.82, 2.24) is 29.5 Å². The molecular weight excluding hydrogens is 540 g/mol. The third-order valence-corrected chi connectivity index (χ3v) is 7.75. The Bertz CT molecular complexity index is 1810. The molecule has 9 nitrogen and oxygen atoms in total. The lowest BCUT2D eigenvalue weighted by molar-refractivity contribution is 0.103. The van der Waals surface area contributed by atoms with Gasteiger partial charge in [-0.1, -0.05) is 6.07 Å². The second-order valence-corrected chi connectivity index (χ2v) is 11.0. The largest absolute Gasteiger partial charge is 0.433 e. The summed E-state index contributed by atoms with van der Waals surface area (Å²) in [5.41, 5.74) is 11.7. The molecular formula is C31H31F2N7O2. The number of likely N-dealkylation sites (N-methyl/N-ethyl adjacent to an activating group) is 2. The van der Waals surface area contributed by atoms with Crippen molar-refractivity contribution in [3.05, 3.63) is 94.4 Å². The molecule has 1 aliphatic heterocycles. The Kier molecular flexibility index (Phi) is 6.99. The average molecular weight is 572 g/mol. The van der Waals surface area contributed by atoms with Crippen LogP contribution in [-0.4, -0.2) is 69.6 Å². The number of nitrogens with zero attached hydrogens (tertiary/aromatic N) is 5. The number of aromatic amines is 1. The number of pyridine rings is 1. The van der Waals surface area contributed by atoms with E-state index in [1.165, 1.54) is 40.3 Å². The summed E-state index contributed by atoms with van der Waals surface area (Å²) < 4.78 is 34.8. The standard InChI is InChI=1S/C31H31F2N7O2/c1-17-10-28(42-30-22(32)6-5-7-23(30)33)35-15-26(17)40-31(34)21(14-36-40)29(41)25-12-19-11-18-8-9-39(4)27(16-38(2)3)20(18)13-24(19)37-25/h5-7,10-15,27,37H,8-9,16,34H2,1-4H3. The van der Waals surface area contributed by atoms with Gasteiger partial charge in [0, 0.05) is 36.1 Å². The van der Waals surface area contributed by atoms with Gasteiger partial charge in [0.25, 0.3) is 0 Å². The molecule has 42 heavy (non-hydrogen) atoms. The summed E-state index contributed by atoms with van der Waals surface area (Å²) in [6.07, 6.45) is 3.80. The van der Waals surface area contributed by atoms with Crippen LogP contribution in [0, 0.1) is 18.6 Å². The molecule has 0 saturated heterocycles. The van der Waals surface area contributed by atoms with Gasteiger partial charge in [0.05, 0.1) is 29.3 Å². The van der Waals surface area contributed by atoms with Crippen LogP contribution in [0.25, 0.3) is 16.6 Å². The Morgan fingerprint density at radius 2 is 1.93 bits per heavy atom. The number of hydrogen-bond acceptors (Lipinski definition) is 7. The van der Waals surface area contributed by atoms with E-state index in [9.17, 15) is 13.6 Å². The number of hydrogen-bond donors (Lipinski definition) is 2. The van der Waals surface area contributed by atoms with Gasteiger partial charge in [0.15, 0.2) is 11.6 Å². The van der Waals surface area contributed by atoms with Gasteiger partial charge < -0.3 is 20.4 Å². The molecule has 0 radical (unpaired) electrons. The summed E-state index contributed by atoms with van der Waals surface area (Å²) in [4.78, 5) is 25.6. The maximum atomic E-state index is 14.0. The van der Waals surface area contributed by atoms with Gasteiger partial charge in [-0.15, -0.1) is 0 Å².